The van der Waals surface area contributed by atoms with Crippen LogP contribution in [0.1, 0.15) is 18.3 Å². The Labute approximate surface area is 158 Å². The van der Waals surface area contributed by atoms with Gasteiger partial charge in [-0.15, -0.1) is 10.2 Å². The number of para-hydroxylation sites is 1. The minimum Gasteiger partial charge on any atom is -0.493 e. The van der Waals surface area contributed by atoms with Crippen molar-refractivity contribution < 1.29 is 9.47 Å². The Hall–Kier alpha value is -3.29. The van der Waals surface area contributed by atoms with Crippen molar-refractivity contribution >= 4 is 11.6 Å². The van der Waals surface area contributed by atoms with Gasteiger partial charge in [-0.05, 0) is 25.1 Å². The number of ether oxygens (including phenoxy) is 2. The lowest BCUT2D eigenvalue weighted by Crippen LogP contribution is -2.37. The molecule has 0 spiro atoms. The van der Waals surface area contributed by atoms with Crippen molar-refractivity contribution in [3.05, 3.63) is 54.0 Å². The van der Waals surface area contributed by atoms with Crippen LogP contribution in [0, 0.1) is 0 Å². The van der Waals surface area contributed by atoms with E-state index in [2.05, 4.69) is 25.8 Å². The molecule has 0 amide bonds. The first-order chi connectivity index (χ1) is 13.3. The molecule has 2 heterocycles. The number of aliphatic imine (C=N–C) groups is 1. The smallest absolute Gasteiger partial charge is 0.191 e. The maximum absolute atomic E-state index is 5.47. The summed E-state index contributed by atoms with van der Waals surface area (Å²) < 4.78 is 12.8. The van der Waals surface area contributed by atoms with E-state index in [0.29, 0.717) is 30.5 Å². The highest BCUT2D eigenvalue weighted by molar-refractivity contribution is 5.79. The monoisotopic (exact) mass is 368 g/mol. The van der Waals surface area contributed by atoms with Crippen molar-refractivity contribution in [1.29, 1.82) is 0 Å². The molecule has 3 rings (SSSR count). The molecule has 8 nitrogen and oxygen atoms in total. The summed E-state index contributed by atoms with van der Waals surface area (Å²) in [7, 11) is 3.25. The molecule has 0 radical (unpaired) electrons. The van der Waals surface area contributed by atoms with E-state index in [1.165, 1.54) is 0 Å². The zero-order chi connectivity index (χ0) is 19.1. The van der Waals surface area contributed by atoms with Gasteiger partial charge in [0.05, 0.1) is 27.3 Å². The van der Waals surface area contributed by atoms with Crippen LogP contribution in [0.5, 0.6) is 11.5 Å². The lowest BCUT2D eigenvalue weighted by Gasteiger charge is -2.13. The highest BCUT2D eigenvalue weighted by Crippen LogP contribution is 2.31. The summed E-state index contributed by atoms with van der Waals surface area (Å²) >= 11 is 0. The highest BCUT2D eigenvalue weighted by atomic mass is 16.5. The van der Waals surface area contributed by atoms with Crippen LogP contribution in [0.15, 0.2) is 47.6 Å². The molecular weight excluding hydrogens is 344 g/mol. The van der Waals surface area contributed by atoms with Crippen molar-refractivity contribution in [2.45, 2.75) is 20.0 Å². The van der Waals surface area contributed by atoms with Crippen molar-refractivity contribution in [3.63, 3.8) is 0 Å². The van der Waals surface area contributed by atoms with E-state index < -0.39 is 0 Å². The maximum atomic E-state index is 5.47. The topological polar surface area (TPSA) is 85.1 Å². The molecule has 0 bridgehead atoms. The summed E-state index contributed by atoms with van der Waals surface area (Å²) in [5.41, 5.74) is 1.76. The number of guanidine groups is 1. The molecule has 8 heteroatoms. The van der Waals surface area contributed by atoms with Gasteiger partial charge in [0.25, 0.3) is 0 Å². The van der Waals surface area contributed by atoms with Gasteiger partial charge in [-0.25, -0.2) is 4.99 Å². The number of hydrogen-bond acceptors (Lipinski definition) is 5. The van der Waals surface area contributed by atoms with Gasteiger partial charge >= 0.3 is 0 Å². The van der Waals surface area contributed by atoms with Gasteiger partial charge in [0, 0.05) is 18.3 Å². The second-order valence-electron chi connectivity index (χ2n) is 5.75. The third-order valence-corrected chi connectivity index (χ3v) is 4.03. The molecule has 0 aliphatic rings. The van der Waals surface area contributed by atoms with E-state index in [1.54, 1.807) is 14.2 Å². The van der Waals surface area contributed by atoms with E-state index in [-0.39, 0.29) is 0 Å². The summed E-state index contributed by atoms with van der Waals surface area (Å²) in [5.74, 6) is 2.89. The summed E-state index contributed by atoms with van der Waals surface area (Å²) in [5, 5.41) is 14.9. The first-order valence-corrected chi connectivity index (χ1v) is 8.77. The minimum atomic E-state index is 0.455. The van der Waals surface area contributed by atoms with E-state index in [0.717, 1.165) is 23.6 Å². The van der Waals surface area contributed by atoms with Gasteiger partial charge in [0.2, 0.25) is 0 Å². The molecule has 2 N–H and O–H groups in total. The highest BCUT2D eigenvalue weighted by Gasteiger charge is 2.10. The van der Waals surface area contributed by atoms with Crippen molar-refractivity contribution in [2.75, 3.05) is 20.8 Å². The zero-order valence-corrected chi connectivity index (χ0v) is 15.8. The number of benzene rings is 1. The fourth-order valence-corrected chi connectivity index (χ4v) is 2.76. The summed E-state index contributed by atoms with van der Waals surface area (Å²) in [6.45, 7) is 3.74. The van der Waals surface area contributed by atoms with Crippen LogP contribution in [0.2, 0.25) is 0 Å². The number of fused-ring (bicyclic) bond motifs is 1. The molecule has 0 aliphatic heterocycles. The van der Waals surface area contributed by atoms with Crippen LogP contribution in [0.25, 0.3) is 5.65 Å². The number of rotatable bonds is 7. The average Bonchev–Trinajstić information content (AvgIpc) is 3.12. The van der Waals surface area contributed by atoms with Gasteiger partial charge in [0.15, 0.2) is 28.9 Å². The van der Waals surface area contributed by atoms with Crippen LogP contribution in [0.3, 0.4) is 0 Å². The lowest BCUT2D eigenvalue weighted by atomic mass is 10.2. The van der Waals surface area contributed by atoms with E-state index in [1.807, 2.05) is 53.9 Å². The van der Waals surface area contributed by atoms with Crippen LogP contribution >= 0.6 is 0 Å². The van der Waals surface area contributed by atoms with Crippen LogP contribution in [-0.2, 0) is 13.1 Å². The quantitative estimate of drug-likeness (QED) is 0.490. The lowest BCUT2D eigenvalue weighted by molar-refractivity contribution is 0.352. The molecule has 2 aromatic heterocycles. The van der Waals surface area contributed by atoms with Gasteiger partial charge in [-0.1, -0.05) is 18.2 Å². The number of hydrogen-bond donors (Lipinski definition) is 2. The zero-order valence-electron chi connectivity index (χ0n) is 15.8. The molecule has 0 aliphatic carbocycles. The van der Waals surface area contributed by atoms with Crippen molar-refractivity contribution in [1.82, 2.24) is 25.2 Å². The van der Waals surface area contributed by atoms with Gasteiger partial charge in [-0.2, -0.15) is 0 Å². The Morgan fingerprint density at radius 1 is 1.07 bits per heavy atom. The maximum Gasteiger partial charge on any atom is 0.191 e. The predicted octanol–water partition coefficient (Wildman–Crippen LogP) is 2.00. The van der Waals surface area contributed by atoms with Crippen LogP contribution in [0.4, 0.5) is 0 Å². The number of nitrogens with zero attached hydrogens (tertiary/aromatic N) is 4. The van der Waals surface area contributed by atoms with Gasteiger partial charge in [-0.3, -0.25) is 4.40 Å². The molecule has 3 aromatic rings. The summed E-state index contributed by atoms with van der Waals surface area (Å²) in [4.78, 5) is 4.65. The fourth-order valence-electron chi connectivity index (χ4n) is 2.76. The number of pyridine rings is 1. The second-order valence-corrected chi connectivity index (χ2v) is 5.75. The number of nitrogens with one attached hydrogen (secondary N) is 2. The van der Waals surface area contributed by atoms with Gasteiger partial charge in [0.1, 0.15) is 0 Å². The third kappa shape index (κ3) is 4.28. The Balaban J connectivity index is 1.73. The van der Waals surface area contributed by atoms with E-state index >= 15 is 0 Å². The minimum absolute atomic E-state index is 0.455. The van der Waals surface area contributed by atoms with Crippen LogP contribution in [-0.4, -0.2) is 41.3 Å². The molecule has 0 fully saturated rings. The molecule has 0 unspecified atom stereocenters. The molecule has 0 saturated heterocycles. The van der Waals surface area contributed by atoms with Crippen LogP contribution < -0.4 is 20.1 Å². The van der Waals surface area contributed by atoms with Gasteiger partial charge < -0.3 is 20.1 Å². The molecular formula is C19H24N6O2. The first kappa shape index (κ1) is 18.5. The normalized spacial score (nSPS) is 11.4. The predicted molar refractivity (Wildman–Crippen MR) is 104 cm³/mol. The fraction of sp³-hybridized carbons (Fsp3) is 0.316. The molecule has 27 heavy (non-hydrogen) atoms. The van der Waals surface area contributed by atoms with Crippen molar-refractivity contribution in [3.8, 4) is 11.5 Å². The third-order valence-electron chi connectivity index (χ3n) is 4.03. The molecule has 0 saturated carbocycles. The van der Waals surface area contributed by atoms with E-state index in [4.69, 9.17) is 9.47 Å². The molecule has 0 atom stereocenters. The molecule has 1 aromatic carbocycles. The first-order valence-electron chi connectivity index (χ1n) is 8.77. The number of aromatic nitrogens is 3. The Kier molecular flexibility index (Phi) is 6.09. The summed E-state index contributed by atoms with van der Waals surface area (Å²) in [6.07, 6.45) is 1.94. The molecule has 142 valence electrons. The SMILES string of the molecule is CCNC(=NCc1cccc(OC)c1OC)NCc1nnc2ccccn12. The second kappa shape index (κ2) is 8.88. The number of methoxy groups -OCH3 is 2. The van der Waals surface area contributed by atoms with E-state index in [9.17, 15) is 0 Å². The Morgan fingerprint density at radius 3 is 2.74 bits per heavy atom. The average molecular weight is 368 g/mol. The standard InChI is InChI=1S/C19H24N6O2/c1-4-20-19(21-12-14-8-7-9-15(26-2)18(14)27-3)22-13-17-24-23-16-10-5-6-11-25(16)17/h5-11H,4,12-13H2,1-3H3,(H2,20,21,22). The summed E-state index contributed by atoms with van der Waals surface area (Å²) in [6, 6.07) is 11.6. The Morgan fingerprint density at radius 2 is 1.96 bits per heavy atom. The largest absolute Gasteiger partial charge is 0.493 e. The Bertz CT molecular complexity index is 921. The van der Waals surface area contributed by atoms with Crippen molar-refractivity contribution in [2.24, 2.45) is 4.99 Å².